The topological polar surface area (TPSA) is 49.8 Å². The summed E-state index contributed by atoms with van der Waals surface area (Å²) in [5.74, 6) is 1.87. The summed E-state index contributed by atoms with van der Waals surface area (Å²) in [5.41, 5.74) is 1.15. The maximum absolute atomic E-state index is 4.37. The van der Waals surface area contributed by atoms with Crippen LogP contribution in [0.3, 0.4) is 0 Å². The largest absolute Gasteiger partial charge is 0.370 e. The first-order valence-electron chi connectivity index (χ1n) is 6.79. The molecule has 6 heteroatoms. The van der Waals surface area contributed by atoms with E-state index in [1.807, 2.05) is 0 Å². The van der Waals surface area contributed by atoms with E-state index in [4.69, 9.17) is 0 Å². The minimum Gasteiger partial charge on any atom is -0.370 e. The fourth-order valence-electron chi connectivity index (χ4n) is 1.91. The number of anilines is 2. The van der Waals surface area contributed by atoms with Gasteiger partial charge >= 0.3 is 0 Å². The molecule has 0 saturated heterocycles. The average molecular weight is 355 g/mol. The molecule has 0 aliphatic heterocycles. The quantitative estimate of drug-likeness (QED) is 0.778. The van der Waals surface area contributed by atoms with Crippen LogP contribution >= 0.6 is 27.3 Å². The zero-order valence-electron chi connectivity index (χ0n) is 11.7. The standard InChI is InChI=1S/C14H19BrN4S/c1-3-5-16-13-12(4-2)14(19-9-18-13)17-7-11-6-10(15)8-20-11/h6,8-9H,3-5,7H2,1-2H3,(H2,16,17,18,19). The fourth-order valence-corrected chi connectivity index (χ4v) is 3.30. The van der Waals surface area contributed by atoms with Crippen molar-refractivity contribution in [3.63, 3.8) is 0 Å². The number of nitrogens with one attached hydrogen (secondary N) is 2. The lowest BCUT2D eigenvalue weighted by molar-refractivity contribution is 0.945. The molecule has 2 heterocycles. The monoisotopic (exact) mass is 354 g/mol. The molecule has 0 fully saturated rings. The molecule has 0 atom stereocenters. The van der Waals surface area contributed by atoms with Crippen molar-refractivity contribution in [2.45, 2.75) is 33.2 Å². The summed E-state index contributed by atoms with van der Waals surface area (Å²) in [6, 6.07) is 2.13. The summed E-state index contributed by atoms with van der Waals surface area (Å²) < 4.78 is 1.13. The van der Waals surface area contributed by atoms with Gasteiger partial charge in [0.15, 0.2) is 0 Å². The van der Waals surface area contributed by atoms with Crippen molar-refractivity contribution >= 4 is 38.9 Å². The zero-order valence-corrected chi connectivity index (χ0v) is 14.1. The van der Waals surface area contributed by atoms with Crippen molar-refractivity contribution in [2.75, 3.05) is 17.2 Å². The molecule has 0 saturated carbocycles. The SMILES string of the molecule is CCCNc1ncnc(NCc2cc(Br)cs2)c1CC. The Bertz CT molecular complexity index is 556. The number of hydrogen-bond acceptors (Lipinski definition) is 5. The molecule has 2 N–H and O–H groups in total. The molecule has 2 aromatic heterocycles. The van der Waals surface area contributed by atoms with E-state index in [2.05, 4.69) is 61.8 Å². The van der Waals surface area contributed by atoms with E-state index in [1.54, 1.807) is 17.7 Å². The van der Waals surface area contributed by atoms with E-state index < -0.39 is 0 Å². The molecule has 2 aromatic rings. The number of halogens is 1. The van der Waals surface area contributed by atoms with Crippen LogP contribution in [0.1, 0.15) is 30.7 Å². The molecule has 2 rings (SSSR count). The van der Waals surface area contributed by atoms with E-state index in [0.29, 0.717) is 0 Å². The van der Waals surface area contributed by atoms with E-state index in [1.165, 1.54) is 4.88 Å². The molecule has 0 aliphatic carbocycles. The molecule has 20 heavy (non-hydrogen) atoms. The van der Waals surface area contributed by atoms with Crippen LogP contribution in [0.2, 0.25) is 0 Å². The van der Waals surface area contributed by atoms with Crippen molar-refractivity contribution in [3.05, 3.63) is 32.7 Å². The van der Waals surface area contributed by atoms with Crippen LogP contribution in [0.25, 0.3) is 0 Å². The Labute approximate surface area is 132 Å². The minimum atomic E-state index is 0.785. The van der Waals surface area contributed by atoms with Crippen LogP contribution in [0.5, 0.6) is 0 Å². The first-order valence-corrected chi connectivity index (χ1v) is 8.46. The third-order valence-corrected chi connectivity index (χ3v) is 4.59. The van der Waals surface area contributed by atoms with Gasteiger partial charge in [-0.1, -0.05) is 13.8 Å². The van der Waals surface area contributed by atoms with Crippen LogP contribution in [0, 0.1) is 0 Å². The Morgan fingerprint density at radius 3 is 2.55 bits per heavy atom. The Hall–Kier alpha value is -1.14. The lowest BCUT2D eigenvalue weighted by atomic mass is 10.2. The van der Waals surface area contributed by atoms with Gasteiger partial charge in [0.05, 0.1) is 6.54 Å². The third-order valence-electron chi connectivity index (χ3n) is 2.89. The van der Waals surface area contributed by atoms with Gasteiger partial charge in [-0.05, 0) is 34.8 Å². The normalized spacial score (nSPS) is 10.6. The molecule has 0 amide bonds. The van der Waals surface area contributed by atoms with Crippen LogP contribution in [-0.4, -0.2) is 16.5 Å². The highest BCUT2D eigenvalue weighted by Crippen LogP contribution is 2.23. The van der Waals surface area contributed by atoms with Crippen molar-refractivity contribution in [1.29, 1.82) is 0 Å². The van der Waals surface area contributed by atoms with E-state index in [9.17, 15) is 0 Å². The molecule has 0 aromatic carbocycles. The summed E-state index contributed by atoms with van der Waals surface area (Å²) in [4.78, 5) is 9.99. The Morgan fingerprint density at radius 2 is 1.95 bits per heavy atom. The fraction of sp³-hybridized carbons (Fsp3) is 0.429. The second-order valence-corrected chi connectivity index (χ2v) is 6.33. The smallest absolute Gasteiger partial charge is 0.135 e. The van der Waals surface area contributed by atoms with Crippen LogP contribution in [0.4, 0.5) is 11.6 Å². The molecule has 108 valence electrons. The van der Waals surface area contributed by atoms with E-state index in [-0.39, 0.29) is 0 Å². The Balaban J connectivity index is 2.10. The maximum atomic E-state index is 4.37. The maximum Gasteiger partial charge on any atom is 0.135 e. The molecule has 0 aliphatic rings. The molecule has 0 bridgehead atoms. The second kappa shape index (κ2) is 7.59. The lowest BCUT2D eigenvalue weighted by Crippen LogP contribution is -2.10. The summed E-state index contributed by atoms with van der Waals surface area (Å²) in [5, 5.41) is 8.86. The van der Waals surface area contributed by atoms with Gasteiger partial charge < -0.3 is 10.6 Å². The molecular weight excluding hydrogens is 336 g/mol. The highest BCUT2D eigenvalue weighted by molar-refractivity contribution is 9.10. The third kappa shape index (κ3) is 3.93. The molecular formula is C14H19BrN4S. The first kappa shape index (κ1) is 15.3. The van der Waals surface area contributed by atoms with Gasteiger partial charge in [-0.2, -0.15) is 0 Å². The lowest BCUT2D eigenvalue weighted by Gasteiger charge is -2.13. The molecule has 4 nitrogen and oxygen atoms in total. The van der Waals surface area contributed by atoms with Gasteiger partial charge in [0, 0.05) is 26.8 Å². The first-order chi connectivity index (χ1) is 9.74. The average Bonchev–Trinajstić information content (AvgIpc) is 2.88. The zero-order chi connectivity index (χ0) is 14.4. The summed E-state index contributed by atoms with van der Waals surface area (Å²) in [6.07, 6.45) is 3.60. The number of aromatic nitrogens is 2. The Kier molecular flexibility index (Phi) is 5.79. The van der Waals surface area contributed by atoms with Gasteiger partial charge in [-0.25, -0.2) is 9.97 Å². The van der Waals surface area contributed by atoms with Gasteiger partial charge in [-0.3, -0.25) is 0 Å². The number of nitrogens with zero attached hydrogens (tertiary/aromatic N) is 2. The Morgan fingerprint density at radius 1 is 1.20 bits per heavy atom. The molecule has 0 radical (unpaired) electrons. The van der Waals surface area contributed by atoms with Crippen LogP contribution < -0.4 is 10.6 Å². The van der Waals surface area contributed by atoms with Gasteiger partial charge in [0.1, 0.15) is 18.0 Å². The summed E-state index contributed by atoms with van der Waals surface area (Å²) in [6.45, 7) is 5.99. The summed E-state index contributed by atoms with van der Waals surface area (Å²) >= 11 is 5.21. The van der Waals surface area contributed by atoms with Crippen molar-refractivity contribution in [3.8, 4) is 0 Å². The van der Waals surface area contributed by atoms with Gasteiger partial charge in [0.2, 0.25) is 0 Å². The van der Waals surface area contributed by atoms with E-state index in [0.717, 1.165) is 47.6 Å². The molecule has 0 unspecified atom stereocenters. The predicted octanol–water partition coefficient (Wildman–Crippen LogP) is 4.30. The predicted molar refractivity (Wildman–Crippen MR) is 89.5 cm³/mol. The van der Waals surface area contributed by atoms with Crippen molar-refractivity contribution in [1.82, 2.24) is 9.97 Å². The van der Waals surface area contributed by atoms with Crippen molar-refractivity contribution < 1.29 is 0 Å². The number of hydrogen-bond donors (Lipinski definition) is 2. The summed E-state index contributed by atoms with van der Waals surface area (Å²) in [7, 11) is 0. The molecule has 0 spiro atoms. The minimum absolute atomic E-state index is 0.785. The second-order valence-electron chi connectivity index (χ2n) is 4.41. The number of rotatable bonds is 7. The van der Waals surface area contributed by atoms with Crippen LogP contribution in [0.15, 0.2) is 22.2 Å². The van der Waals surface area contributed by atoms with Gasteiger partial charge in [0.25, 0.3) is 0 Å². The van der Waals surface area contributed by atoms with Gasteiger partial charge in [-0.15, -0.1) is 11.3 Å². The highest BCUT2D eigenvalue weighted by Gasteiger charge is 2.09. The number of thiophene rings is 1. The highest BCUT2D eigenvalue weighted by atomic mass is 79.9. The van der Waals surface area contributed by atoms with Crippen molar-refractivity contribution in [2.24, 2.45) is 0 Å². The van der Waals surface area contributed by atoms with Crippen LogP contribution in [-0.2, 0) is 13.0 Å². The van der Waals surface area contributed by atoms with E-state index >= 15 is 0 Å².